The van der Waals surface area contributed by atoms with Gasteiger partial charge in [0.1, 0.15) is 0 Å². The summed E-state index contributed by atoms with van der Waals surface area (Å²) in [5, 5.41) is 3.90. The molecule has 7 heteroatoms. The summed E-state index contributed by atoms with van der Waals surface area (Å²) in [5.74, 6) is 0.273. The molecule has 0 N–H and O–H groups in total. The quantitative estimate of drug-likeness (QED) is 0.826. The van der Waals surface area contributed by atoms with E-state index in [1.54, 1.807) is 6.07 Å². The first-order valence-electron chi connectivity index (χ1n) is 7.53. The molecule has 1 amide bonds. The van der Waals surface area contributed by atoms with Crippen LogP contribution >= 0.6 is 0 Å². The van der Waals surface area contributed by atoms with Crippen LogP contribution in [0.2, 0.25) is 0 Å². The molecule has 2 aromatic rings. The molecule has 130 valence electrons. The van der Waals surface area contributed by atoms with Gasteiger partial charge in [0.2, 0.25) is 5.91 Å². The van der Waals surface area contributed by atoms with Crippen molar-refractivity contribution >= 4 is 5.91 Å². The predicted molar refractivity (Wildman–Crippen MR) is 82.2 cm³/mol. The monoisotopic (exact) mass is 340 g/mol. The highest BCUT2D eigenvalue weighted by atomic mass is 19.4. The van der Waals surface area contributed by atoms with E-state index >= 15 is 0 Å². The highest BCUT2D eigenvalue weighted by molar-refractivity contribution is 5.78. The third kappa shape index (κ3) is 4.37. The van der Waals surface area contributed by atoms with E-state index in [1.165, 1.54) is 30.1 Å². The SMILES string of the molecule is CC(C)c1cc(CN(C)C(=O)Cc2ccccc2C(F)(F)F)on1. The summed E-state index contributed by atoms with van der Waals surface area (Å²) in [6, 6.07) is 6.84. The fourth-order valence-electron chi connectivity index (χ4n) is 2.25. The summed E-state index contributed by atoms with van der Waals surface area (Å²) in [6.45, 7) is 4.09. The van der Waals surface area contributed by atoms with Gasteiger partial charge in [0, 0.05) is 13.1 Å². The number of likely N-dealkylation sites (N-methyl/N-ethyl adjacent to an activating group) is 1. The van der Waals surface area contributed by atoms with Gasteiger partial charge in [-0.05, 0) is 17.5 Å². The number of alkyl halides is 3. The lowest BCUT2D eigenvalue weighted by molar-refractivity contribution is -0.138. The molecule has 2 rings (SSSR count). The standard InChI is InChI=1S/C17H19F3N2O2/c1-11(2)15-9-13(24-21-15)10-22(3)16(23)8-12-6-4-5-7-14(12)17(18,19)20/h4-7,9,11H,8,10H2,1-3H3. The van der Waals surface area contributed by atoms with Gasteiger partial charge < -0.3 is 9.42 Å². The van der Waals surface area contributed by atoms with Gasteiger partial charge in [-0.25, -0.2) is 0 Å². The number of nitrogens with zero attached hydrogens (tertiary/aromatic N) is 2. The molecule has 0 aliphatic heterocycles. The van der Waals surface area contributed by atoms with E-state index < -0.39 is 17.6 Å². The molecule has 0 atom stereocenters. The van der Waals surface area contributed by atoms with Crippen molar-refractivity contribution in [1.29, 1.82) is 0 Å². The van der Waals surface area contributed by atoms with Crippen molar-refractivity contribution in [2.24, 2.45) is 0 Å². The molecule has 1 heterocycles. The summed E-state index contributed by atoms with van der Waals surface area (Å²) < 4.78 is 44.1. The zero-order valence-corrected chi connectivity index (χ0v) is 13.7. The van der Waals surface area contributed by atoms with Crippen LogP contribution in [-0.4, -0.2) is 23.0 Å². The van der Waals surface area contributed by atoms with Crippen molar-refractivity contribution in [1.82, 2.24) is 10.1 Å². The number of amides is 1. The van der Waals surface area contributed by atoms with E-state index in [0.29, 0.717) is 5.76 Å². The van der Waals surface area contributed by atoms with Crippen molar-refractivity contribution < 1.29 is 22.5 Å². The molecule has 0 aliphatic rings. The van der Waals surface area contributed by atoms with Crippen molar-refractivity contribution in [2.75, 3.05) is 7.05 Å². The third-order valence-electron chi connectivity index (χ3n) is 3.65. The molecule has 0 bridgehead atoms. The Bertz CT molecular complexity index is 708. The van der Waals surface area contributed by atoms with Crippen LogP contribution in [0.4, 0.5) is 13.2 Å². The molecule has 0 unspecified atom stereocenters. The van der Waals surface area contributed by atoms with Crippen molar-refractivity contribution in [3.05, 3.63) is 52.9 Å². The first-order chi connectivity index (χ1) is 11.2. The maximum absolute atomic E-state index is 13.0. The number of carbonyl (C=O) groups excluding carboxylic acids is 1. The van der Waals surface area contributed by atoms with Crippen molar-refractivity contribution in [3.63, 3.8) is 0 Å². The molecular formula is C17H19F3N2O2. The minimum Gasteiger partial charge on any atom is -0.359 e. The molecule has 0 saturated carbocycles. The topological polar surface area (TPSA) is 46.3 Å². The second kappa shape index (κ2) is 7.07. The summed E-state index contributed by atoms with van der Waals surface area (Å²) in [4.78, 5) is 13.6. The maximum atomic E-state index is 13.0. The fraction of sp³-hybridized carbons (Fsp3) is 0.412. The Kier molecular flexibility index (Phi) is 5.31. The van der Waals surface area contributed by atoms with E-state index in [4.69, 9.17) is 4.52 Å². The largest absolute Gasteiger partial charge is 0.416 e. The third-order valence-corrected chi connectivity index (χ3v) is 3.65. The first-order valence-corrected chi connectivity index (χ1v) is 7.53. The molecule has 1 aromatic heterocycles. The van der Waals surface area contributed by atoms with Crippen LogP contribution in [0.25, 0.3) is 0 Å². The van der Waals surface area contributed by atoms with Gasteiger partial charge in [-0.1, -0.05) is 37.2 Å². The van der Waals surface area contributed by atoms with E-state index in [0.717, 1.165) is 11.8 Å². The van der Waals surface area contributed by atoms with Crippen molar-refractivity contribution in [3.8, 4) is 0 Å². The van der Waals surface area contributed by atoms with Crippen LogP contribution in [0.1, 0.15) is 42.3 Å². The normalized spacial score (nSPS) is 11.8. The Hall–Kier alpha value is -2.31. The van der Waals surface area contributed by atoms with Crippen molar-refractivity contribution in [2.45, 2.75) is 38.9 Å². The number of aromatic nitrogens is 1. The Morgan fingerprint density at radius 3 is 2.54 bits per heavy atom. The van der Waals surface area contributed by atoms with Crippen LogP contribution < -0.4 is 0 Å². The highest BCUT2D eigenvalue weighted by Gasteiger charge is 2.33. The lowest BCUT2D eigenvalue weighted by Crippen LogP contribution is -2.28. The van der Waals surface area contributed by atoms with E-state index in [2.05, 4.69) is 5.16 Å². The molecule has 24 heavy (non-hydrogen) atoms. The van der Waals surface area contributed by atoms with Crippen LogP contribution in [0.15, 0.2) is 34.9 Å². The molecule has 0 aliphatic carbocycles. The minimum atomic E-state index is -4.48. The fourth-order valence-corrected chi connectivity index (χ4v) is 2.25. The second-order valence-corrected chi connectivity index (χ2v) is 5.95. The van der Waals surface area contributed by atoms with Gasteiger partial charge in [-0.2, -0.15) is 13.2 Å². The van der Waals surface area contributed by atoms with E-state index in [9.17, 15) is 18.0 Å². The first kappa shape index (κ1) is 18.0. The van der Waals surface area contributed by atoms with E-state index in [-0.39, 0.29) is 24.4 Å². The number of rotatable bonds is 5. The Morgan fingerprint density at radius 1 is 1.29 bits per heavy atom. The Morgan fingerprint density at radius 2 is 1.96 bits per heavy atom. The molecule has 0 saturated heterocycles. The molecule has 0 spiro atoms. The number of halogens is 3. The smallest absolute Gasteiger partial charge is 0.359 e. The van der Waals surface area contributed by atoms with Crippen LogP contribution in [0.5, 0.6) is 0 Å². The van der Waals surface area contributed by atoms with E-state index in [1.807, 2.05) is 13.8 Å². The van der Waals surface area contributed by atoms with Gasteiger partial charge in [-0.3, -0.25) is 4.79 Å². The van der Waals surface area contributed by atoms with Crippen LogP contribution in [0.3, 0.4) is 0 Å². The summed E-state index contributed by atoms with van der Waals surface area (Å²) in [7, 11) is 1.52. The molecular weight excluding hydrogens is 321 g/mol. The van der Waals surface area contributed by atoms with Gasteiger partial charge in [0.05, 0.1) is 24.2 Å². The Balaban J connectivity index is 2.07. The summed E-state index contributed by atoms with van der Waals surface area (Å²) in [5.41, 5.74) is -0.0518. The minimum absolute atomic E-state index is 0.0395. The molecule has 1 aromatic carbocycles. The van der Waals surface area contributed by atoms with Crippen LogP contribution in [-0.2, 0) is 23.9 Å². The number of hydrogen-bond acceptors (Lipinski definition) is 3. The molecule has 4 nitrogen and oxygen atoms in total. The number of benzene rings is 1. The Labute approximate surface area is 138 Å². The second-order valence-electron chi connectivity index (χ2n) is 5.95. The van der Waals surface area contributed by atoms with Crippen LogP contribution in [0, 0.1) is 0 Å². The lowest BCUT2D eigenvalue weighted by atomic mass is 10.0. The summed E-state index contributed by atoms with van der Waals surface area (Å²) >= 11 is 0. The average Bonchev–Trinajstić information content (AvgIpc) is 2.95. The lowest BCUT2D eigenvalue weighted by Gasteiger charge is -2.17. The predicted octanol–water partition coefficient (Wildman–Crippen LogP) is 4.02. The van der Waals surface area contributed by atoms with Gasteiger partial charge in [0.25, 0.3) is 0 Å². The summed E-state index contributed by atoms with van der Waals surface area (Å²) in [6.07, 6.45) is -4.80. The zero-order chi connectivity index (χ0) is 17.9. The maximum Gasteiger partial charge on any atom is 0.416 e. The van der Waals surface area contributed by atoms with Gasteiger partial charge in [-0.15, -0.1) is 0 Å². The van der Waals surface area contributed by atoms with Gasteiger partial charge in [0.15, 0.2) is 5.76 Å². The molecule has 0 radical (unpaired) electrons. The average molecular weight is 340 g/mol. The molecule has 0 fully saturated rings. The number of carbonyl (C=O) groups is 1. The number of hydrogen-bond donors (Lipinski definition) is 0. The van der Waals surface area contributed by atoms with Gasteiger partial charge >= 0.3 is 6.18 Å². The zero-order valence-electron chi connectivity index (χ0n) is 13.7. The highest BCUT2D eigenvalue weighted by Crippen LogP contribution is 2.32.